The van der Waals surface area contributed by atoms with Crippen LogP contribution in [-0.2, 0) is 9.59 Å². The summed E-state index contributed by atoms with van der Waals surface area (Å²) < 4.78 is 12.4. The topological polar surface area (TPSA) is 161 Å². The number of nitrogens with zero attached hydrogens (tertiary/aromatic N) is 2. The van der Waals surface area contributed by atoms with Gasteiger partial charge in [-0.3, -0.25) is 29.8 Å². The minimum absolute atomic E-state index is 0.0567. The lowest BCUT2D eigenvalue weighted by Crippen LogP contribution is -1.98. The lowest BCUT2D eigenvalue weighted by atomic mass is 10.3. The molecule has 0 amide bonds. The number of rotatable bonds is 6. The average molecular weight is 446 g/mol. The van der Waals surface area contributed by atoms with Crippen LogP contribution in [0, 0.1) is 26.0 Å². The minimum atomic E-state index is -0.992. The third-order valence-electron chi connectivity index (χ3n) is 2.60. The first-order valence-electron chi connectivity index (χ1n) is 7.39. The maximum Gasteiger partial charge on any atom is 0.313 e. The zero-order chi connectivity index (χ0) is 22.4. The van der Waals surface area contributed by atoms with E-state index >= 15 is 0 Å². The molecule has 0 saturated heterocycles. The van der Waals surface area contributed by atoms with Gasteiger partial charge in [0.25, 0.3) is 5.69 Å². The lowest BCUT2D eigenvalue weighted by Gasteiger charge is -1.99. The third kappa shape index (κ3) is 11.3. The van der Waals surface area contributed by atoms with Gasteiger partial charge in [0.05, 0.1) is 26.2 Å². The number of para-hydroxylation sites is 2. The standard InChI is InChI=1S/C8H7NO4S.C6H4FNO2.C2H4O2S/c10-8(11)5-14-7-4-2-1-3-6(7)9(12)13;7-5-3-1-2-4-6(5)8(9)10;3-2(4)1-5/h1-4H,5H2,(H,10,11);1-4H;5H,1H2,(H,3,4). The van der Waals surface area contributed by atoms with Gasteiger partial charge in [-0.1, -0.05) is 24.3 Å². The summed E-state index contributed by atoms with van der Waals surface area (Å²) in [7, 11) is 0. The van der Waals surface area contributed by atoms with E-state index in [1.54, 1.807) is 12.1 Å². The predicted molar refractivity (Wildman–Crippen MR) is 106 cm³/mol. The molecule has 0 radical (unpaired) electrons. The van der Waals surface area contributed by atoms with Crippen LogP contribution in [0.25, 0.3) is 0 Å². The van der Waals surface area contributed by atoms with Crippen LogP contribution < -0.4 is 0 Å². The molecule has 10 nitrogen and oxygen atoms in total. The fourth-order valence-electron chi connectivity index (χ4n) is 1.47. The summed E-state index contributed by atoms with van der Waals surface area (Å²) in [6.45, 7) is 0. The van der Waals surface area contributed by atoms with Gasteiger partial charge in [0.1, 0.15) is 0 Å². The van der Waals surface area contributed by atoms with E-state index in [0.717, 1.165) is 23.9 Å². The zero-order valence-corrected chi connectivity index (χ0v) is 16.2. The molecule has 0 saturated carbocycles. The Kier molecular flexibility index (Phi) is 12.4. The van der Waals surface area contributed by atoms with Crippen LogP contribution in [0.1, 0.15) is 0 Å². The number of carboxylic acid groups (broad SMARTS) is 2. The SMILES string of the molecule is O=C(O)CS.O=C(O)CSc1ccccc1[N+](=O)[O-].O=[N+]([O-])c1ccccc1F. The molecular formula is C16H15FN2O8S2. The molecule has 0 heterocycles. The van der Waals surface area contributed by atoms with E-state index in [0.29, 0.717) is 4.90 Å². The van der Waals surface area contributed by atoms with Gasteiger partial charge in [-0.2, -0.15) is 17.0 Å². The van der Waals surface area contributed by atoms with E-state index < -0.39 is 33.3 Å². The summed E-state index contributed by atoms with van der Waals surface area (Å²) >= 11 is 4.36. The number of hydrogen-bond acceptors (Lipinski definition) is 8. The van der Waals surface area contributed by atoms with E-state index in [4.69, 9.17) is 10.2 Å². The van der Waals surface area contributed by atoms with Crippen LogP contribution in [-0.4, -0.2) is 43.5 Å². The van der Waals surface area contributed by atoms with E-state index in [1.165, 1.54) is 24.3 Å². The fourth-order valence-corrected chi connectivity index (χ4v) is 2.21. The van der Waals surface area contributed by atoms with Gasteiger partial charge >= 0.3 is 17.6 Å². The molecule has 0 aliphatic rings. The average Bonchev–Trinajstić information content (AvgIpc) is 2.67. The van der Waals surface area contributed by atoms with Gasteiger partial charge in [0.15, 0.2) is 0 Å². The van der Waals surface area contributed by atoms with E-state index in [1.807, 2.05) is 0 Å². The van der Waals surface area contributed by atoms with Crippen molar-refractivity contribution in [2.45, 2.75) is 4.90 Å². The van der Waals surface area contributed by atoms with Crippen molar-refractivity contribution in [2.75, 3.05) is 11.5 Å². The quantitative estimate of drug-likeness (QED) is 0.261. The summed E-state index contributed by atoms with van der Waals surface area (Å²) in [5, 5.41) is 36.6. The highest BCUT2D eigenvalue weighted by atomic mass is 32.2. The smallest absolute Gasteiger partial charge is 0.313 e. The number of aliphatic carboxylic acids is 2. The highest BCUT2D eigenvalue weighted by Gasteiger charge is 2.13. The van der Waals surface area contributed by atoms with E-state index in [-0.39, 0.29) is 17.2 Å². The Balaban J connectivity index is 0.000000455. The summed E-state index contributed by atoms with van der Waals surface area (Å²) in [5.41, 5.74) is -0.541. The number of nitro groups is 2. The Labute approximate surface area is 173 Å². The number of carboxylic acids is 2. The van der Waals surface area contributed by atoms with Crippen LogP contribution in [0.4, 0.5) is 15.8 Å². The summed E-state index contributed by atoms with van der Waals surface area (Å²) in [6.07, 6.45) is 0. The molecule has 2 N–H and O–H groups in total. The largest absolute Gasteiger partial charge is 0.481 e. The van der Waals surface area contributed by atoms with Crippen molar-refractivity contribution in [1.82, 2.24) is 0 Å². The van der Waals surface area contributed by atoms with Crippen molar-refractivity contribution >= 4 is 47.7 Å². The highest BCUT2D eigenvalue weighted by Crippen LogP contribution is 2.28. The van der Waals surface area contributed by atoms with Crippen LogP contribution in [0.5, 0.6) is 0 Å². The number of benzene rings is 2. The first-order valence-corrected chi connectivity index (χ1v) is 9.01. The number of thioether (sulfide) groups is 1. The molecule has 0 unspecified atom stereocenters. The number of halogens is 1. The Bertz CT molecular complexity index is 866. The van der Waals surface area contributed by atoms with Gasteiger partial charge in [-0.25, -0.2) is 0 Å². The molecular weight excluding hydrogens is 431 g/mol. The molecule has 13 heteroatoms. The first-order chi connectivity index (χ1) is 13.6. The Morgan fingerprint density at radius 3 is 1.76 bits per heavy atom. The number of carbonyl (C=O) groups is 2. The van der Waals surface area contributed by atoms with Crippen LogP contribution in [0.15, 0.2) is 53.4 Å². The molecule has 0 atom stereocenters. The number of thiol groups is 1. The molecule has 2 rings (SSSR count). The van der Waals surface area contributed by atoms with Gasteiger partial charge < -0.3 is 10.2 Å². The summed E-state index contributed by atoms with van der Waals surface area (Å²) in [6, 6.07) is 11.1. The molecule has 0 aliphatic heterocycles. The lowest BCUT2D eigenvalue weighted by molar-refractivity contribution is -0.387. The molecule has 156 valence electrons. The highest BCUT2D eigenvalue weighted by molar-refractivity contribution is 8.00. The number of hydrogen-bond donors (Lipinski definition) is 3. The number of nitro benzene ring substituents is 2. The van der Waals surface area contributed by atoms with Crippen LogP contribution in [0.3, 0.4) is 0 Å². The Hall–Kier alpha value is -3.19. The second-order valence-corrected chi connectivity index (χ2v) is 6.00. The van der Waals surface area contributed by atoms with Crippen LogP contribution >= 0.6 is 24.4 Å². The maximum atomic E-state index is 12.4. The van der Waals surface area contributed by atoms with E-state index in [9.17, 15) is 34.2 Å². The second-order valence-electron chi connectivity index (χ2n) is 4.67. The molecule has 0 bridgehead atoms. The second kappa shape index (κ2) is 13.9. The molecule has 0 fully saturated rings. The molecule has 2 aromatic rings. The first kappa shape index (κ1) is 25.8. The van der Waals surface area contributed by atoms with Crippen molar-refractivity contribution in [3.63, 3.8) is 0 Å². The van der Waals surface area contributed by atoms with Crippen molar-refractivity contribution in [2.24, 2.45) is 0 Å². The van der Waals surface area contributed by atoms with Gasteiger partial charge in [0.2, 0.25) is 5.82 Å². The molecule has 0 spiro atoms. The van der Waals surface area contributed by atoms with Crippen molar-refractivity contribution < 1.29 is 34.0 Å². The molecule has 29 heavy (non-hydrogen) atoms. The normalized spacial score (nSPS) is 9.17. The maximum absolute atomic E-state index is 12.4. The zero-order valence-electron chi connectivity index (χ0n) is 14.5. The molecule has 2 aromatic carbocycles. The molecule has 0 aliphatic carbocycles. The van der Waals surface area contributed by atoms with Crippen LogP contribution in [0.2, 0.25) is 0 Å². The van der Waals surface area contributed by atoms with Gasteiger partial charge in [-0.15, -0.1) is 11.8 Å². The van der Waals surface area contributed by atoms with Gasteiger partial charge in [-0.05, 0) is 12.1 Å². The Morgan fingerprint density at radius 1 is 0.931 bits per heavy atom. The Morgan fingerprint density at radius 2 is 1.38 bits per heavy atom. The predicted octanol–water partition coefficient (Wildman–Crippen LogP) is 3.51. The summed E-state index contributed by atoms with van der Waals surface area (Å²) in [4.78, 5) is 39.1. The van der Waals surface area contributed by atoms with Crippen molar-refractivity contribution in [3.05, 3.63) is 74.6 Å². The summed E-state index contributed by atoms with van der Waals surface area (Å²) in [5.74, 6) is -2.93. The van der Waals surface area contributed by atoms with Crippen molar-refractivity contribution in [1.29, 1.82) is 0 Å². The fraction of sp³-hybridized carbons (Fsp3) is 0.125. The molecule has 0 aromatic heterocycles. The van der Waals surface area contributed by atoms with Crippen molar-refractivity contribution in [3.8, 4) is 0 Å². The van der Waals surface area contributed by atoms with E-state index in [2.05, 4.69) is 12.6 Å². The monoisotopic (exact) mass is 446 g/mol. The minimum Gasteiger partial charge on any atom is -0.481 e. The van der Waals surface area contributed by atoms with Gasteiger partial charge in [0, 0.05) is 12.1 Å². The third-order valence-corrected chi connectivity index (χ3v) is 3.92.